The van der Waals surface area contributed by atoms with Crippen LogP contribution in [-0.2, 0) is 17.7 Å². The molecule has 0 radical (unpaired) electrons. The highest BCUT2D eigenvalue weighted by Crippen LogP contribution is 2.25. The predicted molar refractivity (Wildman–Crippen MR) is 80.1 cm³/mol. The Balaban J connectivity index is 1.61. The zero-order valence-electron chi connectivity index (χ0n) is 12.2. The minimum absolute atomic E-state index is 0.501. The van der Waals surface area contributed by atoms with Gasteiger partial charge in [-0.05, 0) is 26.3 Å². The Bertz CT molecular complexity index is 431. The van der Waals surface area contributed by atoms with E-state index in [9.17, 15) is 0 Å². The predicted octanol–water partition coefficient (Wildman–Crippen LogP) is 1.72. The van der Waals surface area contributed by atoms with E-state index >= 15 is 0 Å². The van der Waals surface area contributed by atoms with Gasteiger partial charge in [0, 0.05) is 37.3 Å². The highest BCUT2D eigenvalue weighted by molar-refractivity contribution is 7.99. The normalized spacial score (nSPS) is 24.4. The molecule has 0 aliphatic carbocycles. The second-order valence-electron chi connectivity index (χ2n) is 5.69. The summed E-state index contributed by atoms with van der Waals surface area (Å²) in [5, 5.41) is 13.3. The molecule has 0 spiro atoms. The average Bonchev–Trinajstić information content (AvgIpc) is 3.06. The Morgan fingerprint density at radius 1 is 1.40 bits per heavy atom. The van der Waals surface area contributed by atoms with Gasteiger partial charge >= 0.3 is 0 Å². The molecule has 2 atom stereocenters. The number of rotatable bonds is 5. The average molecular weight is 296 g/mol. The molecule has 0 aromatic carbocycles. The van der Waals surface area contributed by atoms with E-state index in [2.05, 4.69) is 20.1 Å². The van der Waals surface area contributed by atoms with Crippen LogP contribution in [0.1, 0.15) is 31.5 Å². The highest BCUT2D eigenvalue weighted by Gasteiger charge is 2.25. The third-order valence-electron chi connectivity index (χ3n) is 4.37. The molecule has 3 heterocycles. The van der Waals surface area contributed by atoms with Crippen LogP contribution in [0.2, 0.25) is 0 Å². The Morgan fingerprint density at radius 3 is 3.15 bits per heavy atom. The summed E-state index contributed by atoms with van der Waals surface area (Å²) in [5.74, 6) is 2.86. The first-order valence-corrected chi connectivity index (χ1v) is 8.67. The van der Waals surface area contributed by atoms with Crippen LogP contribution >= 0.6 is 11.8 Å². The summed E-state index contributed by atoms with van der Waals surface area (Å²) < 4.78 is 7.83. The largest absolute Gasteiger partial charge is 0.381 e. The number of nitrogens with one attached hydrogen (secondary N) is 1. The van der Waals surface area contributed by atoms with Crippen molar-refractivity contribution in [3.63, 3.8) is 0 Å². The molecule has 1 saturated heterocycles. The molecule has 1 aromatic heterocycles. The van der Waals surface area contributed by atoms with Crippen molar-refractivity contribution in [2.75, 3.05) is 26.0 Å². The fraction of sp³-hybridized carbons (Fsp3) is 0.857. The second-order valence-corrected chi connectivity index (χ2v) is 6.68. The van der Waals surface area contributed by atoms with Crippen LogP contribution in [0.3, 0.4) is 0 Å². The summed E-state index contributed by atoms with van der Waals surface area (Å²) in [7, 11) is 2.05. The third-order valence-corrected chi connectivity index (χ3v) is 5.46. The molecule has 0 amide bonds. The SMILES string of the molecule is CNC(CSc1nnc2n1CCCCC2)C1CCOC1. The number of aryl methyl sites for hydroxylation is 1. The summed E-state index contributed by atoms with van der Waals surface area (Å²) in [5.41, 5.74) is 0. The lowest BCUT2D eigenvalue weighted by Crippen LogP contribution is -2.36. The maximum atomic E-state index is 5.50. The summed E-state index contributed by atoms with van der Waals surface area (Å²) in [6.07, 6.45) is 6.07. The van der Waals surface area contributed by atoms with Gasteiger partial charge in [-0.3, -0.25) is 0 Å². The van der Waals surface area contributed by atoms with E-state index in [4.69, 9.17) is 4.74 Å². The zero-order chi connectivity index (χ0) is 13.8. The van der Waals surface area contributed by atoms with Gasteiger partial charge in [-0.25, -0.2) is 0 Å². The first-order chi connectivity index (χ1) is 9.88. The fourth-order valence-electron chi connectivity index (χ4n) is 3.05. The van der Waals surface area contributed by atoms with Crippen molar-refractivity contribution in [2.24, 2.45) is 5.92 Å². The Hall–Kier alpha value is -0.590. The monoisotopic (exact) mass is 296 g/mol. The van der Waals surface area contributed by atoms with Crippen molar-refractivity contribution in [1.29, 1.82) is 0 Å². The molecule has 2 aliphatic heterocycles. The molecule has 2 aliphatic rings. The number of hydrogen-bond donors (Lipinski definition) is 1. The summed E-state index contributed by atoms with van der Waals surface area (Å²) in [4.78, 5) is 0. The molecule has 1 N–H and O–H groups in total. The lowest BCUT2D eigenvalue weighted by molar-refractivity contribution is 0.179. The van der Waals surface area contributed by atoms with Crippen LogP contribution in [0, 0.1) is 5.92 Å². The highest BCUT2D eigenvalue weighted by atomic mass is 32.2. The summed E-state index contributed by atoms with van der Waals surface area (Å²) >= 11 is 1.84. The summed E-state index contributed by atoms with van der Waals surface area (Å²) in [6.45, 7) is 2.89. The smallest absolute Gasteiger partial charge is 0.191 e. The molecular formula is C14H24N4OS. The van der Waals surface area contributed by atoms with Gasteiger partial charge in [0.25, 0.3) is 0 Å². The standard InChI is InChI=1S/C14H24N4OS/c1-15-12(11-6-8-19-9-11)10-20-14-17-16-13-5-3-2-4-7-18(13)14/h11-12,15H,2-10H2,1H3. The van der Waals surface area contributed by atoms with E-state index in [0.29, 0.717) is 12.0 Å². The van der Waals surface area contributed by atoms with Crippen molar-refractivity contribution in [2.45, 2.75) is 49.8 Å². The first kappa shape index (κ1) is 14.4. The third kappa shape index (κ3) is 3.18. The Labute approximate surface area is 124 Å². The van der Waals surface area contributed by atoms with E-state index in [1.54, 1.807) is 0 Å². The molecule has 112 valence electrons. The topological polar surface area (TPSA) is 52.0 Å². The molecule has 0 bridgehead atoms. The van der Waals surface area contributed by atoms with Gasteiger partial charge in [0.05, 0.1) is 6.61 Å². The number of aromatic nitrogens is 3. The van der Waals surface area contributed by atoms with E-state index in [1.165, 1.54) is 31.5 Å². The number of hydrogen-bond acceptors (Lipinski definition) is 5. The van der Waals surface area contributed by atoms with E-state index in [0.717, 1.165) is 37.1 Å². The second kappa shape index (κ2) is 6.91. The van der Waals surface area contributed by atoms with Crippen molar-refractivity contribution in [3.8, 4) is 0 Å². The first-order valence-electron chi connectivity index (χ1n) is 7.68. The lowest BCUT2D eigenvalue weighted by atomic mass is 10.0. The van der Waals surface area contributed by atoms with E-state index < -0.39 is 0 Å². The number of fused-ring (bicyclic) bond motifs is 1. The molecule has 1 fully saturated rings. The van der Waals surface area contributed by atoms with Crippen LogP contribution in [0.5, 0.6) is 0 Å². The van der Waals surface area contributed by atoms with Gasteiger partial charge in [0.1, 0.15) is 5.82 Å². The van der Waals surface area contributed by atoms with Crippen LogP contribution in [0.15, 0.2) is 5.16 Å². The van der Waals surface area contributed by atoms with E-state index in [-0.39, 0.29) is 0 Å². The maximum absolute atomic E-state index is 5.50. The minimum atomic E-state index is 0.501. The molecule has 1 aromatic rings. The van der Waals surface area contributed by atoms with Gasteiger partial charge in [-0.1, -0.05) is 18.2 Å². The van der Waals surface area contributed by atoms with Gasteiger partial charge in [-0.2, -0.15) is 0 Å². The molecule has 6 heteroatoms. The molecule has 3 rings (SSSR count). The zero-order valence-corrected chi connectivity index (χ0v) is 13.0. The van der Waals surface area contributed by atoms with E-state index in [1.807, 2.05) is 18.8 Å². The van der Waals surface area contributed by atoms with Gasteiger partial charge < -0.3 is 14.6 Å². The molecule has 20 heavy (non-hydrogen) atoms. The summed E-state index contributed by atoms with van der Waals surface area (Å²) in [6, 6.07) is 0.501. The van der Waals surface area contributed by atoms with Crippen molar-refractivity contribution < 1.29 is 4.74 Å². The van der Waals surface area contributed by atoms with Gasteiger partial charge in [-0.15, -0.1) is 10.2 Å². The van der Waals surface area contributed by atoms with Crippen LogP contribution in [0.4, 0.5) is 0 Å². The Kier molecular flexibility index (Phi) is 4.96. The van der Waals surface area contributed by atoms with Crippen molar-refractivity contribution in [1.82, 2.24) is 20.1 Å². The van der Waals surface area contributed by atoms with Crippen LogP contribution in [-0.4, -0.2) is 46.8 Å². The maximum Gasteiger partial charge on any atom is 0.191 e. The lowest BCUT2D eigenvalue weighted by Gasteiger charge is -2.21. The molecular weight excluding hydrogens is 272 g/mol. The van der Waals surface area contributed by atoms with Gasteiger partial charge in [0.15, 0.2) is 5.16 Å². The van der Waals surface area contributed by atoms with Gasteiger partial charge in [0.2, 0.25) is 0 Å². The number of thioether (sulfide) groups is 1. The Morgan fingerprint density at radius 2 is 2.35 bits per heavy atom. The number of nitrogens with zero attached hydrogens (tertiary/aromatic N) is 3. The van der Waals surface area contributed by atoms with Crippen molar-refractivity contribution >= 4 is 11.8 Å². The molecule has 0 saturated carbocycles. The quantitative estimate of drug-likeness (QED) is 0.839. The number of ether oxygens (including phenoxy) is 1. The van der Waals surface area contributed by atoms with Crippen LogP contribution in [0.25, 0.3) is 0 Å². The van der Waals surface area contributed by atoms with Crippen molar-refractivity contribution in [3.05, 3.63) is 5.82 Å². The fourth-order valence-corrected chi connectivity index (χ4v) is 4.27. The molecule has 5 nitrogen and oxygen atoms in total. The van der Waals surface area contributed by atoms with Crippen LogP contribution < -0.4 is 5.32 Å². The minimum Gasteiger partial charge on any atom is -0.381 e. The molecule has 2 unspecified atom stereocenters.